The van der Waals surface area contributed by atoms with Gasteiger partial charge in [-0.15, -0.1) is 0 Å². The number of nitrogens with one attached hydrogen (secondary N) is 2. The average molecular weight is 355 g/mol. The first-order valence-electron chi connectivity index (χ1n) is 10.2. The second kappa shape index (κ2) is 6.00. The fraction of sp³-hybridized carbons (Fsp3) is 0.333. The summed E-state index contributed by atoms with van der Waals surface area (Å²) in [6, 6.07) is 20.0. The van der Waals surface area contributed by atoms with Crippen LogP contribution >= 0.6 is 0 Å². The Morgan fingerprint density at radius 3 is 2.81 bits per heavy atom. The van der Waals surface area contributed by atoms with E-state index in [1.54, 1.807) is 11.3 Å². The van der Waals surface area contributed by atoms with Gasteiger partial charge in [-0.05, 0) is 64.9 Å². The molecule has 2 unspecified atom stereocenters. The lowest BCUT2D eigenvalue weighted by Gasteiger charge is -2.42. The summed E-state index contributed by atoms with van der Waals surface area (Å²) < 4.78 is 0. The highest BCUT2D eigenvalue weighted by Crippen LogP contribution is 2.46. The second-order valence-electron chi connectivity index (χ2n) is 8.33. The van der Waals surface area contributed by atoms with Gasteiger partial charge in [0, 0.05) is 49.2 Å². The summed E-state index contributed by atoms with van der Waals surface area (Å²) in [5.74, 6) is 1.44. The molecule has 2 atom stereocenters. The molecule has 2 N–H and O–H groups in total. The first-order chi connectivity index (χ1) is 13.3. The molecule has 0 aliphatic carbocycles. The topological polar surface area (TPSA) is 27.3 Å². The summed E-state index contributed by atoms with van der Waals surface area (Å²) in [6.45, 7) is 4.75. The number of anilines is 3. The van der Waals surface area contributed by atoms with Crippen LogP contribution in [0, 0.1) is 5.92 Å². The van der Waals surface area contributed by atoms with Crippen molar-refractivity contribution in [3.63, 3.8) is 0 Å². The number of rotatable bonds is 2. The molecule has 6 rings (SSSR count). The fourth-order valence-corrected chi connectivity index (χ4v) is 5.41. The average Bonchev–Trinajstić information content (AvgIpc) is 3.17. The number of fused-ring (bicyclic) bond motifs is 3. The van der Waals surface area contributed by atoms with Crippen molar-refractivity contribution in [2.24, 2.45) is 5.92 Å². The standard InChI is InChI=1S/C24H25N3/c1-2-5-17-10-20(8-7-16(17)4-1)26-21-11-18-6-3-9-27-15-19-13-25-14-23(19)22(12-21)24(18)27/h1-2,4-5,7-8,10-12,19,23,25-26H,3,6,9,13-15H2. The molecular weight excluding hydrogens is 330 g/mol. The highest BCUT2D eigenvalue weighted by molar-refractivity contribution is 5.86. The quantitative estimate of drug-likeness (QED) is 0.700. The predicted octanol–water partition coefficient (Wildman–Crippen LogP) is 4.65. The highest BCUT2D eigenvalue weighted by Gasteiger charge is 2.38. The Labute approximate surface area is 160 Å². The number of aryl methyl sites for hydroxylation is 1. The molecule has 0 amide bonds. The van der Waals surface area contributed by atoms with Crippen LogP contribution in [-0.2, 0) is 6.42 Å². The number of hydrogen-bond donors (Lipinski definition) is 2. The maximum Gasteiger partial charge on any atom is 0.0436 e. The first kappa shape index (κ1) is 15.5. The smallest absolute Gasteiger partial charge is 0.0436 e. The van der Waals surface area contributed by atoms with Crippen LogP contribution in [0.2, 0.25) is 0 Å². The van der Waals surface area contributed by atoms with E-state index in [1.807, 2.05) is 0 Å². The summed E-state index contributed by atoms with van der Waals surface area (Å²) in [6.07, 6.45) is 2.48. The number of benzene rings is 3. The van der Waals surface area contributed by atoms with E-state index < -0.39 is 0 Å². The molecule has 0 saturated carbocycles. The minimum absolute atomic E-state index is 0.673. The van der Waals surface area contributed by atoms with E-state index in [-0.39, 0.29) is 0 Å². The third-order valence-electron chi connectivity index (χ3n) is 6.64. The van der Waals surface area contributed by atoms with E-state index in [0.717, 1.165) is 19.0 Å². The summed E-state index contributed by atoms with van der Waals surface area (Å²) >= 11 is 0. The monoisotopic (exact) mass is 355 g/mol. The zero-order valence-corrected chi connectivity index (χ0v) is 15.5. The maximum atomic E-state index is 3.70. The van der Waals surface area contributed by atoms with E-state index in [1.165, 1.54) is 53.6 Å². The summed E-state index contributed by atoms with van der Waals surface area (Å²) in [7, 11) is 0. The third kappa shape index (κ3) is 2.53. The van der Waals surface area contributed by atoms with Crippen molar-refractivity contribution in [2.45, 2.75) is 18.8 Å². The van der Waals surface area contributed by atoms with Gasteiger partial charge in [-0.25, -0.2) is 0 Å². The van der Waals surface area contributed by atoms with Gasteiger partial charge in [-0.3, -0.25) is 0 Å². The van der Waals surface area contributed by atoms with E-state index in [2.05, 4.69) is 70.1 Å². The van der Waals surface area contributed by atoms with Crippen molar-refractivity contribution < 1.29 is 0 Å². The van der Waals surface area contributed by atoms with Crippen LogP contribution in [-0.4, -0.2) is 26.2 Å². The SMILES string of the molecule is c1ccc2cc(Nc3cc4c5c(c3)C3CNCC3CN5CCC4)ccc2c1. The molecule has 0 aromatic heterocycles. The molecule has 1 fully saturated rings. The minimum Gasteiger partial charge on any atom is -0.371 e. The Hall–Kier alpha value is -2.52. The normalized spacial score (nSPS) is 23.2. The molecule has 3 aromatic carbocycles. The zero-order valence-electron chi connectivity index (χ0n) is 15.5. The van der Waals surface area contributed by atoms with Crippen LogP contribution in [0.3, 0.4) is 0 Å². The van der Waals surface area contributed by atoms with Gasteiger partial charge in [0.2, 0.25) is 0 Å². The summed E-state index contributed by atoms with van der Waals surface area (Å²) in [4.78, 5) is 2.65. The van der Waals surface area contributed by atoms with E-state index >= 15 is 0 Å². The van der Waals surface area contributed by atoms with Gasteiger partial charge in [0.15, 0.2) is 0 Å². The van der Waals surface area contributed by atoms with Crippen LogP contribution in [0.15, 0.2) is 54.6 Å². The zero-order chi connectivity index (χ0) is 17.8. The van der Waals surface area contributed by atoms with Crippen LogP contribution in [0.25, 0.3) is 10.8 Å². The Balaban J connectivity index is 1.41. The number of hydrogen-bond acceptors (Lipinski definition) is 3. The molecule has 3 heteroatoms. The molecule has 0 spiro atoms. The van der Waals surface area contributed by atoms with Crippen molar-refractivity contribution >= 4 is 27.8 Å². The van der Waals surface area contributed by atoms with Crippen molar-refractivity contribution in [1.82, 2.24) is 5.32 Å². The van der Waals surface area contributed by atoms with Crippen LogP contribution in [0.1, 0.15) is 23.5 Å². The molecule has 3 aliphatic heterocycles. The molecule has 3 heterocycles. The Morgan fingerprint density at radius 1 is 0.926 bits per heavy atom. The third-order valence-corrected chi connectivity index (χ3v) is 6.64. The van der Waals surface area contributed by atoms with Gasteiger partial charge in [0.05, 0.1) is 0 Å². The van der Waals surface area contributed by atoms with Gasteiger partial charge in [0.25, 0.3) is 0 Å². The molecule has 27 heavy (non-hydrogen) atoms. The van der Waals surface area contributed by atoms with Crippen molar-refractivity contribution in [1.29, 1.82) is 0 Å². The van der Waals surface area contributed by atoms with Crippen LogP contribution in [0.4, 0.5) is 17.1 Å². The molecule has 136 valence electrons. The summed E-state index contributed by atoms with van der Waals surface area (Å²) in [5.41, 5.74) is 7.07. The van der Waals surface area contributed by atoms with Gasteiger partial charge in [-0.1, -0.05) is 30.3 Å². The van der Waals surface area contributed by atoms with Crippen molar-refractivity contribution in [3.8, 4) is 0 Å². The van der Waals surface area contributed by atoms with Crippen LogP contribution < -0.4 is 15.5 Å². The Kier molecular flexibility index (Phi) is 3.45. The van der Waals surface area contributed by atoms with E-state index in [0.29, 0.717) is 5.92 Å². The lowest BCUT2D eigenvalue weighted by molar-refractivity contribution is 0.470. The molecule has 3 nitrogen and oxygen atoms in total. The van der Waals surface area contributed by atoms with Gasteiger partial charge < -0.3 is 15.5 Å². The number of nitrogens with zero attached hydrogens (tertiary/aromatic N) is 1. The van der Waals surface area contributed by atoms with Gasteiger partial charge >= 0.3 is 0 Å². The van der Waals surface area contributed by atoms with Crippen molar-refractivity contribution in [2.75, 3.05) is 36.4 Å². The Bertz CT molecular complexity index is 1030. The van der Waals surface area contributed by atoms with E-state index in [9.17, 15) is 0 Å². The minimum atomic E-state index is 0.673. The largest absolute Gasteiger partial charge is 0.371 e. The molecular formula is C24H25N3. The lowest BCUT2D eigenvalue weighted by atomic mass is 9.80. The van der Waals surface area contributed by atoms with E-state index in [4.69, 9.17) is 0 Å². The fourth-order valence-electron chi connectivity index (χ4n) is 5.41. The molecule has 3 aromatic rings. The molecule has 1 saturated heterocycles. The first-order valence-corrected chi connectivity index (χ1v) is 10.2. The molecule has 0 bridgehead atoms. The van der Waals surface area contributed by atoms with Gasteiger partial charge in [0.1, 0.15) is 0 Å². The van der Waals surface area contributed by atoms with Crippen molar-refractivity contribution in [3.05, 3.63) is 65.7 Å². The van der Waals surface area contributed by atoms with Crippen LogP contribution in [0.5, 0.6) is 0 Å². The second-order valence-corrected chi connectivity index (χ2v) is 8.33. The highest BCUT2D eigenvalue weighted by atomic mass is 15.2. The molecule has 3 aliphatic rings. The maximum absolute atomic E-state index is 3.70. The van der Waals surface area contributed by atoms with Gasteiger partial charge in [-0.2, -0.15) is 0 Å². The lowest BCUT2D eigenvalue weighted by Crippen LogP contribution is -2.40. The summed E-state index contributed by atoms with van der Waals surface area (Å²) in [5, 5.41) is 9.91. The Morgan fingerprint density at radius 2 is 1.85 bits per heavy atom. The molecule has 0 radical (unpaired) electrons. The predicted molar refractivity (Wildman–Crippen MR) is 113 cm³/mol.